The Kier molecular flexibility index (Phi) is 4.69. The minimum atomic E-state index is -3.71. The SMILES string of the molecule is CN(C)S(=O)(=O)c1cc(-c2ccc3nccc(-c4ccnnc4)c3c2)cnc1N. The Morgan fingerprint density at radius 3 is 2.41 bits per heavy atom. The lowest BCUT2D eigenvalue weighted by Gasteiger charge is -2.14. The molecular formula is C20H18N6O2S. The zero-order chi connectivity index (χ0) is 20.6. The first kappa shape index (κ1) is 18.9. The number of hydrogen-bond donors (Lipinski definition) is 1. The predicted molar refractivity (Wildman–Crippen MR) is 111 cm³/mol. The monoisotopic (exact) mass is 406 g/mol. The van der Waals surface area contributed by atoms with Gasteiger partial charge in [-0.15, -0.1) is 0 Å². The summed E-state index contributed by atoms with van der Waals surface area (Å²) in [5.74, 6) is -0.0338. The molecule has 8 nitrogen and oxygen atoms in total. The van der Waals surface area contributed by atoms with Gasteiger partial charge in [0.05, 0.1) is 17.9 Å². The van der Waals surface area contributed by atoms with Crippen molar-refractivity contribution in [3.05, 3.63) is 61.2 Å². The van der Waals surface area contributed by atoms with E-state index in [0.717, 1.165) is 31.9 Å². The molecule has 0 spiro atoms. The number of aromatic nitrogens is 4. The fourth-order valence-corrected chi connectivity index (χ4v) is 4.03. The quantitative estimate of drug-likeness (QED) is 0.554. The van der Waals surface area contributed by atoms with E-state index < -0.39 is 10.0 Å². The molecule has 146 valence electrons. The normalized spacial score (nSPS) is 11.8. The predicted octanol–water partition coefficient (Wildman–Crippen LogP) is 2.59. The van der Waals surface area contributed by atoms with Crippen molar-refractivity contribution in [2.75, 3.05) is 19.8 Å². The summed E-state index contributed by atoms with van der Waals surface area (Å²) in [5.41, 5.74) is 9.97. The molecule has 0 atom stereocenters. The Hall–Kier alpha value is -3.43. The third-order valence-electron chi connectivity index (χ3n) is 4.61. The first-order valence-corrected chi connectivity index (χ1v) is 10.2. The number of sulfonamides is 1. The largest absolute Gasteiger partial charge is 0.383 e. The minimum absolute atomic E-state index is 0.0233. The molecule has 0 fully saturated rings. The first-order valence-electron chi connectivity index (χ1n) is 8.72. The van der Waals surface area contributed by atoms with Crippen molar-refractivity contribution >= 4 is 26.7 Å². The van der Waals surface area contributed by atoms with Gasteiger partial charge in [0.25, 0.3) is 0 Å². The van der Waals surface area contributed by atoms with E-state index in [1.54, 1.807) is 30.9 Å². The summed E-state index contributed by atoms with van der Waals surface area (Å²) in [7, 11) is -0.800. The lowest BCUT2D eigenvalue weighted by atomic mass is 9.99. The molecule has 0 amide bonds. The van der Waals surface area contributed by atoms with Crippen LogP contribution >= 0.6 is 0 Å². The minimum Gasteiger partial charge on any atom is -0.383 e. The molecule has 4 aromatic rings. The maximum Gasteiger partial charge on any atom is 0.246 e. The van der Waals surface area contributed by atoms with Crippen LogP contribution in [0.15, 0.2) is 66.1 Å². The maximum absolute atomic E-state index is 12.6. The van der Waals surface area contributed by atoms with Crippen LogP contribution in [0.5, 0.6) is 0 Å². The van der Waals surface area contributed by atoms with Gasteiger partial charge >= 0.3 is 0 Å². The standard InChI is InChI=1S/C20H18N6O2S/c1-26(2)29(27,28)19-10-15(11-23-20(19)21)13-3-4-18-17(9-13)16(6-7-22-18)14-5-8-24-25-12-14/h3-12H,1-2H3,(H2,21,23). The summed E-state index contributed by atoms with van der Waals surface area (Å²) in [5, 5.41) is 8.68. The molecule has 3 heterocycles. The topological polar surface area (TPSA) is 115 Å². The number of hydrogen-bond acceptors (Lipinski definition) is 7. The van der Waals surface area contributed by atoms with Gasteiger partial charge in [0.2, 0.25) is 10.0 Å². The van der Waals surface area contributed by atoms with Gasteiger partial charge in [-0.05, 0) is 41.5 Å². The molecule has 0 saturated carbocycles. The van der Waals surface area contributed by atoms with Crippen molar-refractivity contribution in [1.29, 1.82) is 0 Å². The molecule has 0 aliphatic heterocycles. The summed E-state index contributed by atoms with van der Waals surface area (Å²) in [4.78, 5) is 8.50. The second-order valence-corrected chi connectivity index (χ2v) is 8.74. The summed E-state index contributed by atoms with van der Waals surface area (Å²) >= 11 is 0. The van der Waals surface area contributed by atoms with E-state index in [9.17, 15) is 8.42 Å². The summed E-state index contributed by atoms with van der Waals surface area (Å²) in [6.45, 7) is 0. The van der Waals surface area contributed by atoms with E-state index in [2.05, 4.69) is 20.2 Å². The highest BCUT2D eigenvalue weighted by atomic mass is 32.2. The lowest BCUT2D eigenvalue weighted by Crippen LogP contribution is -2.23. The van der Waals surface area contributed by atoms with Crippen LogP contribution in [0.2, 0.25) is 0 Å². The van der Waals surface area contributed by atoms with Crippen molar-refractivity contribution in [3.8, 4) is 22.3 Å². The summed E-state index contributed by atoms with van der Waals surface area (Å²) in [6, 6.07) is 11.1. The number of pyridine rings is 2. The van der Waals surface area contributed by atoms with E-state index >= 15 is 0 Å². The van der Waals surface area contributed by atoms with Gasteiger partial charge in [0.15, 0.2) is 0 Å². The molecule has 2 N–H and O–H groups in total. The molecule has 4 rings (SSSR count). The summed E-state index contributed by atoms with van der Waals surface area (Å²) in [6.07, 6.45) is 6.63. The van der Waals surface area contributed by atoms with Gasteiger partial charge in [-0.25, -0.2) is 17.7 Å². The molecule has 0 bridgehead atoms. The molecule has 9 heteroatoms. The first-order chi connectivity index (χ1) is 13.9. The Labute approximate surface area is 168 Å². The molecule has 1 aromatic carbocycles. The van der Waals surface area contributed by atoms with Crippen LogP contribution < -0.4 is 5.73 Å². The Bertz CT molecular complexity index is 1310. The lowest BCUT2D eigenvalue weighted by molar-refractivity contribution is 0.521. The van der Waals surface area contributed by atoms with Gasteiger partial charge in [-0.2, -0.15) is 10.2 Å². The molecule has 0 radical (unpaired) electrons. The van der Waals surface area contributed by atoms with Crippen LogP contribution in [-0.4, -0.2) is 47.0 Å². The van der Waals surface area contributed by atoms with E-state index in [1.807, 2.05) is 30.3 Å². The fraction of sp³-hybridized carbons (Fsp3) is 0.100. The molecule has 29 heavy (non-hydrogen) atoms. The Balaban J connectivity index is 1.90. The third kappa shape index (κ3) is 3.41. The van der Waals surface area contributed by atoms with Gasteiger partial charge in [-0.1, -0.05) is 6.07 Å². The smallest absolute Gasteiger partial charge is 0.246 e. The van der Waals surface area contributed by atoms with Gasteiger partial charge < -0.3 is 5.73 Å². The zero-order valence-corrected chi connectivity index (χ0v) is 16.6. The second kappa shape index (κ2) is 7.19. The fourth-order valence-electron chi connectivity index (χ4n) is 3.04. The van der Waals surface area contributed by atoms with Crippen molar-refractivity contribution in [2.45, 2.75) is 4.90 Å². The van der Waals surface area contributed by atoms with E-state index in [1.165, 1.54) is 14.1 Å². The van der Waals surface area contributed by atoms with Gasteiger partial charge in [0, 0.05) is 43.0 Å². The van der Waals surface area contributed by atoms with Crippen molar-refractivity contribution < 1.29 is 8.42 Å². The number of anilines is 1. The van der Waals surface area contributed by atoms with E-state index in [-0.39, 0.29) is 10.7 Å². The van der Waals surface area contributed by atoms with Crippen LogP contribution in [-0.2, 0) is 10.0 Å². The average Bonchev–Trinajstić information content (AvgIpc) is 2.73. The Morgan fingerprint density at radius 2 is 1.69 bits per heavy atom. The van der Waals surface area contributed by atoms with Crippen molar-refractivity contribution in [2.24, 2.45) is 0 Å². The number of nitrogen functional groups attached to an aromatic ring is 1. The summed E-state index contributed by atoms with van der Waals surface area (Å²) < 4.78 is 26.3. The highest BCUT2D eigenvalue weighted by molar-refractivity contribution is 7.89. The molecule has 0 aliphatic carbocycles. The highest BCUT2D eigenvalue weighted by Gasteiger charge is 2.22. The molecule has 0 unspecified atom stereocenters. The maximum atomic E-state index is 12.6. The van der Waals surface area contributed by atoms with Crippen LogP contribution in [0, 0.1) is 0 Å². The van der Waals surface area contributed by atoms with Crippen LogP contribution in [0.25, 0.3) is 33.2 Å². The Morgan fingerprint density at radius 1 is 0.862 bits per heavy atom. The van der Waals surface area contributed by atoms with E-state index in [0.29, 0.717) is 5.56 Å². The molecular weight excluding hydrogens is 388 g/mol. The van der Waals surface area contributed by atoms with Crippen LogP contribution in [0.4, 0.5) is 5.82 Å². The van der Waals surface area contributed by atoms with Crippen molar-refractivity contribution in [3.63, 3.8) is 0 Å². The van der Waals surface area contributed by atoms with E-state index in [4.69, 9.17) is 5.73 Å². The average molecular weight is 406 g/mol. The van der Waals surface area contributed by atoms with Crippen molar-refractivity contribution in [1.82, 2.24) is 24.5 Å². The van der Waals surface area contributed by atoms with Crippen LogP contribution in [0.3, 0.4) is 0 Å². The van der Waals surface area contributed by atoms with Gasteiger partial charge in [-0.3, -0.25) is 4.98 Å². The molecule has 3 aromatic heterocycles. The highest BCUT2D eigenvalue weighted by Crippen LogP contribution is 2.32. The molecule has 0 saturated heterocycles. The number of benzene rings is 1. The number of fused-ring (bicyclic) bond motifs is 1. The second-order valence-electron chi connectivity index (χ2n) is 6.62. The van der Waals surface area contributed by atoms with Gasteiger partial charge in [0.1, 0.15) is 10.7 Å². The number of nitrogens with zero attached hydrogens (tertiary/aromatic N) is 5. The van der Waals surface area contributed by atoms with Crippen LogP contribution in [0.1, 0.15) is 0 Å². The number of nitrogens with two attached hydrogens (primary N) is 1. The molecule has 0 aliphatic rings. The number of rotatable bonds is 4. The zero-order valence-electron chi connectivity index (χ0n) is 15.8. The third-order valence-corrected chi connectivity index (χ3v) is 6.45.